The number of halogens is 20. The number of rotatable bonds is 9. The van der Waals surface area contributed by atoms with Crippen molar-refractivity contribution >= 4 is 45.7 Å². The fourth-order valence-corrected chi connectivity index (χ4v) is 7.65. The van der Waals surface area contributed by atoms with Gasteiger partial charge in [-0.25, -0.2) is 87.8 Å². The minimum atomic E-state index is -7.22. The predicted molar refractivity (Wildman–Crippen MR) is 190 cm³/mol. The first-order valence-electron chi connectivity index (χ1n) is 17.1. The molecular weight excluding hydrogens is 935 g/mol. The standard InChI is InChI=1S/C24BF20.C16H16O2S/c26-5-1(6(27)14(35)21(42)13(5)34)25(2-7(28)15(36)22(43)16(37)8(2)29,3-9(30)17(38)23(44)18(39)10(3)31)4-11(32)19(40)24(45)20(41)12(4)33;1-13(17)18-16-9-7-15(8-10-16)12-19-11-14-5-3-2-4-6-14/h;2-10H,11-12H2,1H3/q-1;/p+1. The third-order valence-corrected chi connectivity index (χ3v) is 10.5. The Bertz CT molecular complexity index is 2430. The lowest BCUT2D eigenvalue weighted by molar-refractivity contribution is -0.131. The average molecular weight is 952 g/mol. The van der Waals surface area contributed by atoms with E-state index in [4.69, 9.17) is 4.74 Å². The van der Waals surface area contributed by atoms with Crippen molar-refractivity contribution in [1.82, 2.24) is 0 Å². The minimum absolute atomic E-state index is 0.282. The van der Waals surface area contributed by atoms with Crippen LogP contribution in [-0.2, 0) is 28.1 Å². The Balaban J connectivity index is 0.000000337. The van der Waals surface area contributed by atoms with Gasteiger partial charge in [0, 0.05) is 18.1 Å². The van der Waals surface area contributed by atoms with E-state index >= 15 is 35.1 Å². The Morgan fingerprint density at radius 3 is 0.859 bits per heavy atom. The van der Waals surface area contributed by atoms with Gasteiger partial charge in [-0.05, 0) is 23.9 Å². The molecule has 0 fully saturated rings. The van der Waals surface area contributed by atoms with Crippen LogP contribution in [0.4, 0.5) is 87.8 Å². The third-order valence-electron chi connectivity index (χ3n) is 9.32. The van der Waals surface area contributed by atoms with Gasteiger partial charge in [0.2, 0.25) is 0 Å². The maximum absolute atomic E-state index is 15.4. The normalized spacial score (nSPS) is 11.5. The van der Waals surface area contributed by atoms with Crippen LogP contribution < -0.4 is 26.6 Å². The zero-order valence-electron chi connectivity index (χ0n) is 31.0. The summed E-state index contributed by atoms with van der Waals surface area (Å²) in [4.78, 5) is 10.8. The number of esters is 1. The van der Waals surface area contributed by atoms with Crippen molar-refractivity contribution in [2.75, 3.05) is 0 Å². The highest BCUT2D eigenvalue weighted by Gasteiger charge is 2.52. The highest BCUT2D eigenvalue weighted by molar-refractivity contribution is 7.76. The number of hydrogen-bond acceptors (Lipinski definition) is 2. The first kappa shape index (κ1) is 48.8. The van der Waals surface area contributed by atoms with Gasteiger partial charge in [-0.3, -0.25) is 4.79 Å². The average Bonchev–Trinajstić information content (AvgIpc) is 3.27. The van der Waals surface area contributed by atoms with Crippen LogP contribution in [0.25, 0.3) is 0 Å². The summed E-state index contributed by atoms with van der Waals surface area (Å²) in [5.74, 6) is -69.0. The number of hydrogen-bond donors (Lipinski definition) is 0. The number of thiol groups is 1. The van der Waals surface area contributed by atoms with Gasteiger partial charge in [-0.15, -0.1) is 21.9 Å². The van der Waals surface area contributed by atoms with Crippen molar-refractivity contribution in [3.63, 3.8) is 0 Å². The summed E-state index contributed by atoms with van der Waals surface area (Å²) < 4.78 is 299. The molecule has 0 saturated heterocycles. The Kier molecular flexibility index (Phi) is 14.4. The second kappa shape index (κ2) is 18.9. The van der Waals surface area contributed by atoms with Crippen LogP contribution in [-0.4, -0.2) is 12.1 Å². The highest BCUT2D eigenvalue weighted by atomic mass is 32.2. The van der Waals surface area contributed by atoms with E-state index in [1.165, 1.54) is 29.8 Å². The topological polar surface area (TPSA) is 26.3 Å². The summed E-state index contributed by atoms with van der Waals surface area (Å²) in [5, 5.41) is 0. The SMILES string of the molecule is CC(=O)Oc1ccc(C[SH+]Cc2ccccc2)cc1.Fc1c(F)c(F)c([B-](c2c(F)c(F)c(F)c(F)c2F)(c2c(F)c(F)c(F)c(F)c2F)c2c(F)c(F)c(F)c(F)c2F)c(F)c1F. The van der Waals surface area contributed by atoms with Gasteiger partial charge in [-0.1, -0.05) is 42.5 Å². The van der Waals surface area contributed by atoms with E-state index in [-0.39, 0.29) is 5.97 Å². The molecule has 6 aromatic rings. The molecule has 0 saturated carbocycles. The van der Waals surface area contributed by atoms with Crippen LogP contribution in [0.5, 0.6) is 5.75 Å². The van der Waals surface area contributed by atoms with Gasteiger partial charge < -0.3 is 4.74 Å². The van der Waals surface area contributed by atoms with Crippen LogP contribution in [0.15, 0.2) is 54.6 Å². The summed E-state index contributed by atoms with van der Waals surface area (Å²) in [5.41, 5.74) is -11.7. The van der Waals surface area contributed by atoms with Crippen molar-refractivity contribution in [1.29, 1.82) is 0 Å². The molecule has 0 heterocycles. The van der Waals surface area contributed by atoms with Gasteiger partial charge >= 0.3 is 5.97 Å². The van der Waals surface area contributed by atoms with E-state index < -0.39 is 144 Å². The Hall–Kier alpha value is -6.20. The lowest BCUT2D eigenvalue weighted by atomic mass is 9.12. The number of carbonyl (C=O) groups excluding carboxylic acids is 1. The third kappa shape index (κ3) is 8.34. The zero-order chi connectivity index (χ0) is 47.9. The number of carbonyl (C=O) groups is 1. The maximum Gasteiger partial charge on any atom is 0.308 e. The molecule has 6 rings (SSSR count). The van der Waals surface area contributed by atoms with E-state index in [1.807, 2.05) is 30.3 Å². The van der Waals surface area contributed by atoms with E-state index in [1.54, 1.807) is 0 Å². The zero-order valence-corrected chi connectivity index (χ0v) is 31.9. The van der Waals surface area contributed by atoms with Gasteiger partial charge in [0.1, 0.15) is 69.9 Å². The minimum Gasteiger partial charge on any atom is -0.427 e. The Labute approximate surface area is 349 Å². The van der Waals surface area contributed by atoms with Crippen molar-refractivity contribution in [3.05, 3.63) is 182 Å². The van der Waals surface area contributed by atoms with E-state index in [0.717, 1.165) is 11.5 Å². The van der Waals surface area contributed by atoms with Crippen LogP contribution >= 0.6 is 0 Å². The molecule has 0 aromatic heterocycles. The van der Waals surface area contributed by atoms with Crippen molar-refractivity contribution < 1.29 is 97.3 Å². The quantitative estimate of drug-likeness (QED) is 0.0212. The molecule has 0 aliphatic carbocycles. The molecule has 0 amide bonds. The molecule has 0 spiro atoms. The van der Waals surface area contributed by atoms with Crippen molar-refractivity contribution in [2.24, 2.45) is 0 Å². The Morgan fingerprint density at radius 1 is 0.375 bits per heavy atom. The Morgan fingerprint density at radius 2 is 0.609 bits per heavy atom. The molecule has 338 valence electrons. The smallest absolute Gasteiger partial charge is 0.308 e. The number of benzene rings is 6. The lowest BCUT2D eigenvalue weighted by Crippen LogP contribution is -2.81. The molecule has 0 unspecified atom stereocenters. The van der Waals surface area contributed by atoms with E-state index in [2.05, 4.69) is 24.3 Å². The fourth-order valence-electron chi connectivity index (χ4n) is 6.60. The second-order valence-electron chi connectivity index (χ2n) is 13.1. The second-order valence-corrected chi connectivity index (χ2v) is 14.1. The summed E-state index contributed by atoms with van der Waals surface area (Å²) in [6, 6.07) is 18.2. The monoisotopic (exact) mass is 952 g/mol. The molecule has 0 aliphatic heterocycles. The van der Waals surface area contributed by atoms with Crippen LogP contribution in [0.2, 0.25) is 0 Å². The maximum atomic E-state index is 15.4. The highest BCUT2D eigenvalue weighted by Crippen LogP contribution is 2.31. The molecular formula is C40H17BF20O2S. The predicted octanol–water partition coefficient (Wildman–Crippen LogP) is 8.97. The molecule has 64 heavy (non-hydrogen) atoms. The lowest BCUT2D eigenvalue weighted by Gasteiger charge is -2.44. The first-order chi connectivity index (χ1) is 29.9. The first-order valence-corrected chi connectivity index (χ1v) is 18.4. The van der Waals surface area contributed by atoms with Gasteiger partial charge in [0.05, 0.1) is 0 Å². The summed E-state index contributed by atoms with van der Waals surface area (Å²) in [7, 11) is 0. The molecule has 6 aromatic carbocycles. The van der Waals surface area contributed by atoms with Crippen LogP contribution in [0.1, 0.15) is 18.1 Å². The number of ether oxygens (including phenoxy) is 1. The molecule has 2 nitrogen and oxygen atoms in total. The van der Waals surface area contributed by atoms with Gasteiger partial charge in [0.15, 0.2) is 69.8 Å². The van der Waals surface area contributed by atoms with Crippen molar-refractivity contribution in [3.8, 4) is 5.75 Å². The van der Waals surface area contributed by atoms with Crippen LogP contribution in [0, 0.1) is 116 Å². The molecule has 24 heteroatoms. The molecule has 0 bridgehead atoms. The van der Waals surface area contributed by atoms with Crippen molar-refractivity contribution in [2.45, 2.75) is 18.4 Å². The van der Waals surface area contributed by atoms with Gasteiger partial charge in [0.25, 0.3) is 0 Å². The van der Waals surface area contributed by atoms with Crippen LogP contribution in [0.3, 0.4) is 0 Å². The summed E-state index contributed by atoms with van der Waals surface area (Å²) in [6.45, 7) is 1.41. The summed E-state index contributed by atoms with van der Waals surface area (Å²) in [6.07, 6.45) is -7.22. The molecule has 0 N–H and O–H groups in total. The molecule has 0 radical (unpaired) electrons. The molecule has 0 aliphatic rings. The largest absolute Gasteiger partial charge is 0.427 e. The molecule has 0 atom stereocenters. The summed E-state index contributed by atoms with van der Waals surface area (Å²) >= 11 is 1.37. The van der Waals surface area contributed by atoms with E-state index in [9.17, 15) is 57.5 Å². The fraction of sp³-hybridized carbons (Fsp3) is 0.0750. The van der Waals surface area contributed by atoms with E-state index in [0.29, 0.717) is 5.75 Å². The van der Waals surface area contributed by atoms with Gasteiger partial charge in [-0.2, -0.15) is 0 Å².